The summed E-state index contributed by atoms with van der Waals surface area (Å²) >= 11 is 0. The van der Waals surface area contributed by atoms with E-state index in [0.29, 0.717) is 28.3 Å². The molecular formula is C23H25N3O4S. The molecule has 7 nitrogen and oxygen atoms in total. The van der Waals surface area contributed by atoms with Gasteiger partial charge in [0, 0.05) is 13.5 Å². The molecule has 2 N–H and O–H groups in total. The second kappa shape index (κ2) is 9.28. The van der Waals surface area contributed by atoms with E-state index >= 15 is 0 Å². The molecule has 1 heterocycles. The van der Waals surface area contributed by atoms with Crippen LogP contribution in [0.5, 0.6) is 0 Å². The minimum absolute atomic E-state index is 0.207. The molecule has 0 aliphatic rings. The molecule has 2 aromatic carbocycles. The van der Waals surface area contributed by atoms with E-state index in [2.05, 4.69) is 15.2 Å². The summed E-state index contributed by atoms with van der Waals surface area (Å²) in [5.41, 5.74) is 4.31. The van der Waals surface area contributed by atoms with Gasteiger partial charge < -0.3 is 9.84 Å². The first-order chi connectivity index (χ1) is 14.7. The Labute approximate surface area is 182 Å². The zero-order valence-electron chi connectivity index (χ0n) is 17.9. The van der Waals surface area contributed by atoms with E-state index in [-0.39, 0.29) is 17.3 Å². The van der Waals surface area contributed by atoms with Crippen molar-refractivity contribution in [2.24, 2.45) is 0 Å². The summed E-state index contributed by atoms with van der Waals surface area (Å²) in [6.07, 6.45) is 3.36. The molecule has 0 saturated carbocycles. The predicted molar refractivity (Wildman–Crippen MR) is 121 cm³/mol. The molecular weight excluding hydrogens is 414 g/mol. The number of amides is 1. The number of benzene rings is 2. The lowest BCUT2D eigenvalue weighted by molar-refractivity contribution is -0.114. The Kier molecular flexibility index (Phi) is 6.72. The number of carbonyl (C=O) groups is 1. The average Bonchev–Trinajstić information content (AvgIpc) is 3.05. The van der Waals surface area contributed by atoms with E-state index in [4.69, 9.17) is 4.52 Å². The van der Waals surface area contributed by atoms with Crippen molar-refractivity contribution >= 4 is 33.8 Å². The Morgan fingerprint density at radius 2 is 1.81 bits per heavy atom. The second-order valence-electron chi connectivity index (χ2n) is 7.30. The molecule has 0 aliphatic heterocycles. The van der Waals surface area contributed by atoms with Crippen molar-refractivity contribution in [3.8, 4) is 0 Å². The number of rotatable bonds is 7. The predicted octanol–water partition coefficient (Wildman–Crippen LogP) is 4.21. The van der Waals surface area contributed by atoms with Crippen LogP contribution in [0.2, 0.25) is 0 Å². The SMILES string of the molecule is CC(=O)Nc1c(C)noc1C=Cc1ccc(C)c(S(=O)(=O)NCc2ccccc2C)c1. The fraction of sp³-hybridized carbons (Fsp3) is 0.217. The van der Waals surface area contributed by atoms with Gasteiger partial charge in [-0.2, -0.15) is 0 Å². The monoisotopic (exact) mass is 439 g/mol. The van der Waals surface area contributed by atoms with Crippen LogP contribution < -0.4 is 10.0 Å². The van der Waals surface area contributed by atoms with Crippen LogP contribution in [0.3, 0.4) is 0 Å². The number of aromatic nitrogens is 1. The highest BCUT2D eigenvalue weighted by Gasteiger charge is 2.17. The largest absolute Gasteiger partial charge is 0.354 e. The highest BCUT2D eigenvalue weighted by Crippen LogP contribution is 2.24. The topological polar surface area (TPSA) is 101 Å². The third kappa shape index (κ3) is 5.48. The Morgan fingerprint density at radius 1 is 1.06 bits per heavy atom. The maximum absolute atomic E-state index is 12.9. The van der Waals surface area contributed by atoms with Crippen molar-refractivity contribution in [2.75, 3.05) is 5.32 Å². The van der Waals surface area contributed by atoms with Gasteiger partial charge in [0.15, 0.2) is 5.76 Å². The first-order valence-corrected chi connectivity index (χ1v) is 11.2. The average molecular weight is 440 g/mol. The van der Waals surface area contributed by atoms with Gasteiger partial charge in [-0.3, -0.25) is 4.79 Å². The van der Waals surface area contributed by atoms with Crippen molar-refractivity contribution in [1.29, 1.82) is 0 Å². The number of hydrogen-bond acceptors (Lipinski definition) is 5. The molecule has 0 aliphatic carbocycles. The van der Waals surface area contributed by atoms with Crippen LogP contribution in [0.25, 0.3) is 12.2 Å². The molecule has 0 saturated heterocycles. The van der Waals surface area contributed by atoms with Crippen LogP contribution in [-0.2, 0) is 21.4 Å². The lowest BCUT2D eigenvalue weighted by atomic mass is 10.1. The van der Waals surface area contributed by atoms with Crippen LogP contribution in [0.1, 0.15) is 40.6 Å². The second-order valence-corrected chi connectivity index (χ2v) is 9.03. The van der Waals surface area contributed by atoms with Crippen LogP contribution in [0.15, 0.2) is 51.9 Å². The smallest absolute Gasteiger partial charge is 0.241 e. The number of carbonyl (C=O) groups excluding carboxylic acids is 1. The van der Waals surface area contributed by atoms with Gasteiger partial charge in [-0.25, -0.2) is 13.1 Å². The summed E-state index contributed by atoms with van der Waals surface area (Å²) in [6, 6.07) is 12.8. The lowest BCUT2D eigenvalue weighted by Crippen LogP contribution is -2.24. The molecule has 3 rings (SSSR count). The zero-order valence-corrected chi connectivity index (χ0v) is 18.7. The van der Waals surface area contributed by atoms with Crippen molar-refractivity contribution in [2.45, 2.75) is 39.1 Å². The highest BCUT2D eigenvalue weighted by molar-refractivity contribution is 7.89. The fourth-order valence-corrected chi connectivity index (χ4v) is 4.35. The molecule has 0 fully saturated rings. The molecule has 1 aromatic heterocycles. The summed E-state index contributed by atoms with van der Waals surface area (Å²) < 4.78 is 33.8. The minimum Gasteiger partial charge on any atom is -0.354 e. The van der Waals surface area contributed by atoms with Crippen LogP contribution >= 0.6 is 0 Å². The molecule has 1 amide bonds. The van der Waals surface area contributed by atoms with Gasteiger partial charge in [0.2, 0.25) is 15.9 Å². The number of anilines is 1. The van der Waals surface area contributed by atoms with Gasteiger partial charge in [0.05, 0.1) is 4.90 Å². The summed E-state index contributed by atoms with van der Waals surface area (Å²) in [6.45, 7) is 7.04. The summed E-state index contributed by atoms with van der Waals surface area (Å²) in [7, 11) is -3.71. The Hall–Kier alpha value is -3.23. The minimum atomic E-state index is -3.71. The van der Waals surface area contributed by atoms with E-state index in [0.717, 1.165) is 11.1 Å². The Bertz CT molecular complexity index is 1240. The molecule has 0 radical (unpaired) electrons. The van der Waals surface area contributed by atoms with Crippen molar-refractivity contribution in [3.05, 3.63) is 76.2 Å². The van der Waals surface area contributed by atoms with E-state index in [1.807, 2.05) is 37.3 Å². The normalized spacial score (nSPS) is 11.7. The molecule has 162 valence electrons. The first-order valence-electron chi connectivity index (χ1n) is 9.74. The van der Waals surface area contributed by atoms with Crippen LogP contribution in [0, 0.1) is 20.8 Å². The molecule has 0 atom stereocenters. The zero-order chi connectivity index (χ0) is 22.6. The lowest BCUT2D eigenvalue weighted by Gasteiger charge is -2.11. The molecule has 8 heteroatoms. The van der Waals surface area contributed by atoms with Gasteiger partial charge in [-0.05, 0) is 55.2 Å². The van der Waals surface area contributed by atoms with E-state index < -0.39 is 10.0 Å². The third-order valence-electron chi connectivity index (χ3n) is 4.83. The van der Waals surface area contributed by atoms with Gasteiger partial charge in [-0.1, -0.05) is 47.6 Å². The fourth-order valence-electron chi connectivity index (χ4n) is 3.07. The summed E-state index contributed by atoms with van der Waals surface area (Å²) in [5, 5.41) is 6.55. The molecule has 0 bridgehead atoms. The first kappa shape index (κ1) is 22.5. The number of nitrogens with zero attached hydrogens (tertiary/aromatic N) is 1. The molecule has 31 heavy (non-hydrogen) atoms. The summed E-state index contributed by atoms with van der Waals surface area (Å²) in [4.78, 5) is 11.6. The van der Waals surface area contributed by atoms with E-state index in [9.17, 15) is 13.2 Å². The highest BCUT2D eigenvalue weighted by atomic mass is 32.2. The number of hydrogen-bond donors (Lipinski definition) is 2. The van der Waals surface area contributed by atoms with Crippen molar-refractivity contribution in [1.82, 2.24) is 9.88 Å². The Morgan fingerprint density at radius 3 is 2.52 bits per heavy atom. The molecule has 3 aromatic rings. The summed E-state index contributed by atoms with van der Waals surface area (Å²) in [5.74, 6) is 0.153. The van der Waals surface area contributed by atoms with E-state index in [1.54, 1.807) is 38.1 Å². The third-order valence-corrected chi connectivity index (χ3v) is 6.38. The molecule has 0 spiro atoms. The number of sulfonamides is 1. The van der Waals surface area contributed by atoms with Crippen LogP contribution in [-0.4, -0.2) is 19.5 Å². The van der Waals surface area contributed by atoms with Crippen LogP contribution in [0.4, 0.5) is 5.69 Å². The standard InChI is InChI=1S/C23H25N3O4S/c1-15-7-5-6-8-20(15)14-24-31(28,29)22-13-19(10-9-16(22)2)11-12-21-23(25-18(4)27)17(3)26-30-21/h5-13,24H,14H2,1-4H3,(H,25,27). The van der Waals surface area contributed by atoms with Gasteiger partial charge in [0.25, 0.3) is 0 Å². The maximum atomic E-state index is 12.9. The Balaban J connectivity index is 1.84. The number of aryl methyl sites for hydroxylation is 3. The van der Waals surface area contributed by atoms with Gasteiger partial charge in [0.1, 0.15) is 11.4 Å². The maximum Gasteiger partial charge on any atom is 0.241 e. The number of nitrogens with one attached hydrogen (secondary N) is 2. The van der Waals surface area contributed by atoms with Crippen molar-refractivity contribution < 1.29 is 17.7 Å². The van der Waals surface area contributed by atoms with Crippen molar-refractivity contribution in [3.63, 3.8) is 0 Å². The van der Waals surface area contributed by atoms with E-state index in [1.165, 1.54) is 6.92 Å². The quantitative estimate of drug-likeness (QED) is 0.574. The van der Waals surface area contributed by atoms with Gasteiger partial charge in [-0.15, -0.1) is 0 Å². The van der Waals surface area contributed by atoms with Gasteiger partial charge >= 0.3 is 0 Å². The molecule has 0 unspecified atom stereocenters.